The Balaban J connectivity index is 0.000000708. The second-order valence-corrected chi connectivity index (χ2v) is 10.1. The molecule has 0 saturated heterocycles. The molecule has 1 atom stereocenters. The number of nitrogens with zero attached hydrogens (tertiary/aromatic N) is 5. The first-order chi connectivity index (χ1) is 20.4. The van der Waals surface area contributed by atoms with E-state index in [1.165, 1.54) is 26.7 Å². The molecule has 0 saturated carbocycles. The van der Waals surface area contributed by atoms with Crippen LogP contribution in [0.5, 0.6) is 0 Å². The molecule has 3 rings (SSSR count). The molecule has 0 aliphatic carbocycles. The summed E-state index contributed by atoms with van der Waals surface area (Å²) >= 11 is 0. The number of likely N-dealkylation sites (N-methyl/N-ethyl adjacent to an activating group) is 2. The maximum atomic E-state index is 14.7. The van der Waals surface area contributed by atoms with Gasteiger partial charge in [0.15, 0.2) is 0 Å². The van der Waals surface area contributed by atoms with E-state index in [2.05, 4.69) is 10.1 Å². The van der Waals surface area contributed by atoms with E-state index in [1.54, 1.807) is 45.4 Å². The van der Waals surface area contributed by atoms with E-state index in [0.717, 1.165) is 11.9 Å². The number of halogens is 1. The first-order valence-electron chi connectivity index (χ1n) is 13.5. The van der Waals surface area contributed by atoms with Crippen LogP contribution in [-0.2, 0) is 20.9 Å². The molecule has 2 aromatic heterocycles. The fourth-order valence-electron chi connectivity index (χ4n) is 3.75. The molecule has 2 amide bonds. The van der Waals surface area contributed by atoms with Crippen molar-refractivity contribution in [1.29, 1.82) is 5.41 Å². The van der Waals surface area contributed by atoms with Crippen LogP contribution >= 0.6 is 0 Å². The van der Waals surface area contributed by atoms with Gasteiger partial charge >= 0.3 is 5.97 Å². The molecule has 13 heteroatoms. The number of allylic oxidation sites excluding steroid dienone is 1. The van der Waals surface area contributed by atoms with Crippen LogP contribution in [0, 0.1) is 18.2 Å². The zero-order valence-corrected chi connectivity index (χ0v) is 24.8. The second-order valence-electron chi connectivity index (χ2n) is 10.1. The van der Waals surface area contributed by atoms with E-state index < -0.39 is 11.8 Å². The van der Waals surface area contributed by atoms with Crippen molar-refractivity contribution in [2.45, 2.75) is 39.3 Å². The number of carboxylic acid groups (broad SMARTS) is 1. The standard InChI is InChI=1S/C25H28FN7O2.C5H11NO2/c1-17-5-4-6-23(30-17)25(28)21(12-27)18-7-8-22(26)20(11-18)19-13-29-33(14-19)15-24(35)32(3)10-9-31(2)16-34;1-4(6)2-3-5(7)8/h4-8,11-14,16,27H,9-10,15,28H2,1-3H3;4H,2-3,6H2,1H3,(H,7,8)/b25-21+,27-12?;. The summed E-state index contributed by atoms with van der Waals surface area (Å²) in [6.45, 7) is 4.41. The van der Waals surface area contributed by atoms with Crippen molar-refractivity contribution in [2.75, 3.05) is 27.2 Å². The fraction of sp³-hybridized carbons (Fsp3) is 0.333. The monoisotopic (exact) mass is 594 g/mol. The highest BCUT2D eigenvalue weighted by atomic mass is 19.1. The zero-order chi connectivity index (χ0) is 32.1. The molecular formula is C30H39FN8O4. The molecule has 1 aromatic carbocycles. The summed E-state index contributed by atoms with van der Waals surface area (Å²) in [6.07, 6.45) is 5.63. The Kier molecular flexibility index (Phi) is 13.2. The quantitative estimate of drug-likeness (QED) is 0.172. The molecule has 43 heavy (non-hydrogen) atoms. The summed E-state index contributed by atoms with van der Waals surface area (Å²) in [5, 5.41) is 20.2. The van der Waals surface area contributed by atoms with Crippen molar-refractivity contribution in [3.05, 3.63) is 71.6 Å². The summed E-state index contributed by atoms with van der Waals surface area (Å²) in [5.74, 6) is -1.44. The number of aromatic nitrogens is 3. The lowest BCUT2D eigenvalue weighted by Crippen LogP contribution is -2.36. The van der Waals surface area contributed by atoms with Crippen LogP contribution in [0.3, 0.4) is 0 Å². The summed E-state index contributed by atoms with van der Waals surface area (Å²) < 4.78 is 16.2. The number of nitrogens with one attached hydrogen (secondary N) is 1. The first kappa shape index (κ1) is 34.3. The second kappa shape index (κ2) is 16.5. The van der Waals surface area contributed by atoms with Gasteiger partial charge in [0.1, 0.15) is 12.4 Å². The summed E-state index contributed by atoms with van der Waals surface area (Å²) in [6, 6.07) is 9.91. The highest BCUT2D eigenvalue weighted by molar-refractivity contribution is 6.17. The minimum absolute atomic E-state index is 0.00565. The molecule has 0 radical (unpaired) electrons. The van der Waals surface area contributed by atoms with Gasteiger partial charge in [0.25, 0.3) is 0 Å². The summed E-state index contributed by atoms with van der Waals surface area (Å²) in [5.41, 5.74) is 14.9. The normalized spacial score (nSPS) is 11.9. The van der Waals surface area contributed by atoms with Crippen molar-refractivity contribution >= 4 is 35.8 Å². The Morgan fingerprint density at radius 3 is 2.51 bits per heavy atom. The predicted molar refractivity (Wildman–Crippen MR) is 163 cm³/mol. The largest absolute Gasteiger partial charge is 0.481 e. The predicted octanol–water partition coefficient (Wildman–Crippen LogP) is 2.61. The minimum atomic E-state index is -0.776. The van der Waals surface area contributed by atoms with E-state index in [1.807, 2.05) is 19.1 Å². The van der Waals surface area contributed by atoms with Crippen molar-refractivity contribution in [3.63, 3.8) is 0 Å². The van der Waals surface area contributed by atoms with Crippen LogP contribution in [0.4, 0.5) is 4.39 Å². The van der Waals surface area contributed by atoms with Crippen LogP contribution in [0.1, 0.15) is 36.7 Å². The van der Waals surface area contributed by atoms with Crippen molar-refractivity contribution < 1.29 is 23.9 Å². The zero-order valence-electron chi connectivity index (χ0n) is 24.8. The van der Waals surface area contributed by atoms with E-state index in [0.29, 0.717) is 54.0 Å². The Morgan fingerprint density at radius 2 is 1.93 bits per heavy atom. The number of aliphatic carboxylic acids is 1. The number of amides is 2. The van der Waals surface area contributed by atoms with Gasteiger partial charge in [0, 0.05) is 74.5 Å². The molecule has 0 spiro atoms. The highest BCUT2D eigenvalue weighted by Gasteiger charge is 2.15. The maximum Gasteiger partial charge on any atom is 0.303 e. The molecule has 3 aromatic rings. The third kappa shape index (κ3) is 10.8. The lowest BCUT2D eigenvalue weighted by molar-refractivity contribution is -0.137. The van der Waals surface area contributed by atoms with Gasteiger partial charge in [0.05, 0.1) is 17.6 Å². The average molecular weight is 595 g/mol. The minimum Gasteiger partial charge on any atom is -0.481 e. The SMILES string of the molecule is CC(N)CCC(=O)O.Cc1cccc(/C(N)=C(/C=N)c2ccc(F)c(-c3cnn(CC(=O)N(C)CCN(C)C=O)c3)c2)n1. The molecule has 2 heterocycles. The first-order valence-corrected chi connectivity index (χ1v) is 13.5. The Bertz CT molecular complexity index is 1450. The van der Waals surface area contributed by atoms with E-state index >= 15 is 0 Å². The fourth-order valence-corrected chi connectivity index (χ4v) is 3.75. The maximum absolute atomic E-state index is 14.7. The van der Waals surface area contributed by atoms with Crippen molar-refractivity contribution in [3.8, 4) is 11.1 Å². The lowest BCUT2D eigenvalue weighted by atomic mass is 9.98. The smallest absolute Gasteiger partial charge is 0.303 e. The number of hydrogen-bond donors (Lipinski definition) is 4. The molecule has 6 N–H and O–H groups in total. The summed E-state index contributed by atoms with van der Waals surface area (Å²) in [7, 11) is 3.28. The number of carbonyl (C=O) groups excluding carboxylic acids is 2. The number of aryl methyl sites for hydroxylation is 1. The lowest BCUT2D eigenvalue weighted by Gasteiger charge is -2.19. The molecular weight excluding hydrogens is 555 g/mol. The van der Waals surface area contributed by atoms with Gasteiger partial charge in [-0.05, 0) is 50.1 Å². The van der Waals surface area contributed by atoms with Gasteiger partial charge in [-0.15, -0.1) is 0 Å². The van der Waals surface area contributed by atoms with Gasteiger partial charge < -0.3 is 31.8 Å². The van der Waals surface area contributed by atoms with Crippen LogP contribution in [-0.4, -0.2) is 87.4 Å². The molecule has 0 aliphatic heterocycles. The van der Waals surface area contributed by atoms with Gasteiger partial charge in [-0.1, -0.05) is 12.1 Å². The highest BCUT2D eigenvalue weighted by Crippen LogP contribution is 2.28. The molecule has 0 aliphatic rings. The number of rotatable bonds is 13. The molecule has 0 bridgehead atoms. The molecule has 1 unspecified atom stereocenters. The molecule has 12 nitrogen and oxygen atoms in total. The third-order valence-corrected chi connectivity index (χ3v) is 6.33. The van der Waals surface area contributed by atoms with E-state index in [9.17, 15) is 18.8 Å². The van der Waals surface area contributed by atoms with Crippen LogP contribution in [0.2, 0.25) is 0 Å². The average Bonchev–Trinajstić information content (AvgIpc) is 3.44. The topological polar surface area (TPSA) is 185 Å². The number of hydrogen-bond acceptors (Lipinski definition) is 8. The van der Waals surface area contributed by atoms with Gasteiger partial charge in [-0.3, -0.25) is 24.0 Å². The van der Waals surface area contributed by atoms with Crippen molar-refractivity contribution in [1.82, 2.24) is 24.6 Å². The molecule has 230 valence electrons. The number of carbonyl (C=O) groups is 3. The van der Waals surface area contributed by atoms with Crippen LogP contribution < -0.4 is 11.5 Å². The number of nitrogens with two attached hydrogens (primary N) is 2. The molecule has 0 fully saturated rings. The van der Waals surface area contributed by atoms with E-state index in [-0.39, 0.29) is 30.5 Å². The number of pyridine rings is 1. The van der Waals surface area contributed by atoms with Gasteiger partial charge in [-0.25, -0.2) is 4.39 Å². The van der Waals surface area contributed by atoms with Crippen molar-refractivity contribution in [2.24, 2.45) is 11.5 Å². The van der Waals surface area contributed by atoms with Crippen LogP contribution in [0.25, 0.3) is 22.4 Å². The van der Waals surface area contributed by atoms with Crippen LogP contribution in [0.15, 0.2) is 48.8 Å². The Morgan fingerprint density at radius 1 is 1.21 bits per heavy atom. The van der Waals surface area contributed by atoms with E-state index in [4.69, 9.17) is 22.0 Å². The Hall–Kier alpha value is -4.91. The van der Waals surface area contributed by atoms with Gasteiger partial charge in [0.2, 0.25) is 12.3 Å². The number of benzene rings is 1. The third-order valence-electron chi connectivity index (χ3n) is 6.33. The number of carboxylic acids is 1. The summed E-state index contributed by atoms with van der Waals surface area (Å²) in [4.78, 5) is 40.4. The van der Waals surface area contributed by atoms with Gasteiger partial charge in [-0.2, -0.15) is 5.10 Å². The Labute approximate surface area is 250 Å².